The lowest BCUT2D eigenvalue weighted by Crippen LogP contribution is -2.10. The largest absolute Gasteiger partial charge is 0.310 e. The number of benzene rings is 12. The first-order valence-corrected chi connectivity index (χ1v) is 21.7. The Kier molecular flexibility index (Phi) is 8.90. The molecule has 0 aromatic heterocycles. The van der Waals surface area contributed by atoms with E-state index in [1.807, 2.05) is 0 Å². The lowest BCUT2D eigenvalue weighted by atomic mass is 9.85. The van der Waals surface area contributed by atoms with Crippen LogP contribution in [0.5, 0.6) is 0 Å². The second-order valence-corrected chi connectivity index (χ2v) is 16.4. The molecule has 1 heteroatoms. The van der Waals surface area contributed by atoms with Crippen molar-refractivity contribution in [3.63, 3.8) is 0 Å². The third kappa shape index (κ3) is 6.42. The highest BCUT2D eigenvalue weighted by Gasteiger charge is 2.21. The minimum absolute atomic E-state index is 1.09. The Bertz CT molecular complexity index is 3650. The molecule has 0 saturated heterocycles. The average Bonchev–Trinajstić information content (AvgIpc) is 3.36. The third-order valence-corrected chi connectivity index (χ3v) is 12.8. The van der Waals surface area contributed by atoms with Gasteiger partial charge in [-0.3, -0.25) is 0 Å². The Balaban J connectivity index is 1.07. The first kappa shape index (κ1) is 36.6. The van der Waals surface area contributed by atoms with Gasteiger partial charge in [-0.05, 0) is 141 Å². The maximum atomic E-state index is 2.43. The number of anilines is 3. The van der Waals surface area contributed by atoms with Crippen molar-refractivity contribution in [2.24, 2.45) is 0 Å². The van der Waals surface area contributed by atoms with Crippen LogP contribution < -0.4 is 4.90 Å². The molecule has 63 heavy (non-hydrogen) atoms. The molecule has 0 heterocycles. The topological polar surface area (TPSA) is 3.24 Å². The summed E-state index contributed by atoms with van der Waals surface area (Å²) in [4.78, 5) is 2.43. The van der Waals surface area contributed by atoms with Gasteiger partial charge in [0.1, 0.15) is 0 Å². The fourth-order valence-corrected chi connectivity index (χ4v) is 9.84. The Morgan fingerprint density at radius 1 is 0.206 bits per heavy atom. The van der Waals surface area contributed by atoms with Crippen molar-refractivity contribution < 1.29 is 0 Å². The summed E-state index contributed by atoms with van der Waals surface area (Å²) in [7, 11) is 0. The van der Waals surface area contributed by atoms with Crippen LogP contribution in [0.15, 0.2) is 249 Å². The molecule has 0 N–H and O–H groups in total. The van der Waals surface area contributed by atoms with E-state index >= 15 is 0 Å². The van der Waals surface area contributed by atoms with Crippen LogP contribution >= 0.6 is 0 Å². The van der Waals surface area contributed by atoms with Crippen molar-refractivity contribution >= 4 is 70.9 Å². The fraction of sp³-hybridized carbons (Fsp3) is 0. The summed E-state index contributed by atoms with van der Waals surface area (Å²) in [5.41, 5.74) is 13.0. The van der Waals surface area contributed by atoms with E-state index in [2.05, 4.69) is 254 Å². The predicted molar refractivity (Wildman–Crippen MR) is 270 cm³/mol. The minimum Gasteiger partial charge on any atom is -0.310 e. The van der Waals surface area contributed by atoms with Crippen molar-refractivity contribution in [2.45, 2.75) is 0 Å². The minimum atomic E-state index is 1.09. The first-order valence-electron chi connectivity index (χ1n) is 21.7. The molecule has 0 aliphatic carbocycles. The van der Waals surface area contributed by atoms with Gasteiger partial charge in [0, 0.05) is 17.1 Å². The quantitative estimate of drug-likeness (QED) is 0.145. The highest BCUT2D eigenvalue weighted by Crippen LogP contribution is 2.47. The second kappa shape index (κ2) is 15.3. The molecule has 0 amide bonds. The van der Waals surface area contributed by atoms with Gasteiger partial charge >= 0.3 is 0 Å². The Hall–Kier alpha value is -8.26. The molecule has 1 nitrogen and oxygen atoms in total. The summed E-state index contributed by atoms with van der Waals surface area (Å²) < 4.78 is 0. The molecular weight excluding hydrogens is 759 g/mol. The van der Waals surface area contributed by atoms with Gasteiger partial charge in [-0.25, -0.2) is 0 Å². The molecule has 0 aliphatic rings. The van der Waals surface area contributed by atoms with Crippen LogP contribution in [0.3, 0.4) is 0 Å². The van der Waals surface area contributed by atoms with Crippen LogP contribution in [-0.2, 0) is 0 Å². The fourth-order valence-electron chi connectivity index (χ4n) is 9.84. The maximum Gasteiger partial charge on any atom is 0.0468 e. The molecule has 0 fully saturated rings. The Labute approximate surface area is 367 Å². The van der Waals surface area contributed by atoms with Gasteiger partial charge in [-0.1, -0.05) is 206 Å². The summed E-state index contributed by atoms with van der Waals surface area (Å²) in [6.07, 6.45) is 0. The van der Waals surface area contributed by atoms with E-state index in [9.17, 15) is 0 Å². The van der Waals surface area contributed by atoms with Crippen molar-refractivity contribution in [1.82, 2.24) is 0 Å². The van der Waals surface area contributed by atoms with Crippen molar-refractivity contribution in [1.29, 1.82) is 0 Å². The van der Waals surface area contributed by atoms with Crippen LogP contribution in [-0.4, -0.2) is 0 Å². The number of hydrogen-bond acceptors (Lipinski definition) is 1. The maximum absolute atomic E-state index is 2.43. The number of fused-ring (bicyclic) bond motifs is 7. The zero-order valence-electron chi connectivity index (χ0n) is 34.6. The Morgan fingerprint density at radius 2 is 0.683 bits per heavy atom. The second-order valence-electron chi connectivity index (χ2n) is 16.4. The highest BCUT2D eigenvalue weighted by atomic mass is 15.1. The summed E-state index contributed by atoms with van der Waals surface area (Å²) in [6, 6.07) is 91.1. The summed E-state index contributed by atoms with van der Waals surface area (Å²) in [5, 5.41) is 12.4. The third-order valence-electron chi connectivity index (χ3n) is 12.8. The molecule has 12 rings (SSSR count). The summed E-state index contributed by atoms with van der Waals surface area (Å²) in [5.74, 6) is 0. The van der Waals surface area contributed by atoms with Gasteiger partial charge in [0.25, 0.3) is 0 Å². The average molecular weight is 800 g/mol. The predicted octanol–water partition coefficient (Wildman–Crippen LogP) is 17.6. The summed E-state index contributed by atoms with van der Waals surface area (Å²) in [6.45, 7) is 0. The molecule has 0 spiro atoms. The number of hydrogen-bond donors (Lipinski definition) is 0. The number of rotatable bonds is 7. The van der Waals surface area contributed by atoms with Gasteiger partial charge < -0.3 is 4.90 Å². The van der Waals surface area contributed by atoms with Crippen molar-refractivity contribution in [2.75, 3.05) is 4.90 Å². The molecule has 294 valence electrons. The molecule has 12 aromatic carbocycles. The monoisotopic (exact) mass is 799 g/mol. The van der Waals surface area contributed by atoms with Crippen LogP contribution in [0, 0.1) is 0 Å². The standard InChI is InChI=1S/C62H41N/c1-4-15-42(16-5-1)47-27-28-49-40-51(35-31-48(49)39-47)63(50-33-29-44(30-34-50)54-25-14-26-55-53-22-11-10-17-43(53)32-37-57(54)55)52-36-38-58-56-23-12-13-24-59(56)61(45-18-6-2-7-19-45)62(60(58)41-52)46-20-8-3-9-21-46/h1-41H. The molecule has 0 aliphatic heterocycles. The van der Waals surface area contributed by atoms with Crippen LogP contribution in [0.1, 0.15) is 0 Å². The van der Waals surface area contributed by atoms with Crippen LogP contribution in [0.25, 0.3) is 98.4 Å². The van der Waals surface area contributed by atoms with E-state index < -0.39 is 0 Å². The van der Waals surface area contributed by atoms with Crippen molar-refractivity contribution in [3.05, 3.63) is 249 Å². The van der Waals surface area contributed by atoms with E-state index in [0.717, 1.165) is 17.1 Å². The normalized spacial score (nSPS) is 11.5. The first-order chi connectivity index (χ1) is 31.2. The molecular formula is C62H41N. The van der Waals surface area contributed by atoms with E-state index in [0.29, 0.717) is 0 Å². The number of nitrogens with zero attached hydrogens (tertiary/aromatic N) is 1. The van der Waals surface area contributed by atoms with Gasteiger partial charge in [-0.2, -0.15) is 0 Å². The molecule has 12 aromatic rings. The summed E-state index contributed by atoms with van der Waals surface area (Å²) >= 11 is 0. The van der Waals surface area contributed by atoms with E-state index in [-0.39, 0.29) is 0 Å². The van der Waals surface area contributed by atoms with Gasteiger partial charge in [-0.15, -0.1) is 0 Å². The van der Waals surface area contributed by atoms with Gasteiger partial charge in [0.05, 0.1) is 0 Å². The van der Waals surface area contributed by atoms with E-state index in [1.165, 1.54) is 98.4 Å². The van der Waals surface area contributed by atoms with Crippen LogP contribution in [0.2, 0.25) is 0 Å². The van der Waals surface area contributed by atoms with Gasteiger partial charge in [0.15, 0.2) is 0 Å². The lowest BCUT2D eigenvalue weighted by Gasteiger charge is -2.27. The molecule has 0 unspecified atom stereocenters. The zero-order chi connectivity index (χ0) is 41.7. The van der Waals surface area contributed by atoms with Gasteiger partial charge in [0.2, 0.25) is 0 Å². The van der Waals surface area contributed by atoms with Crippen LogP contribution in [0.4, 0.5) is 17.1 Å². The van der Waals surface area contributed by atoms with Crippen molar-refractivity contribution in [3.8, 4) is 44.5 Å². The molecule has 0 bridgehead atoms. The zero-order valence-corrected chi connectivity index (χ0v) is 34.6. The van der Waals surface area contributed by atoms with E-state index in [1.54, 1.807) is 0 Å². The molecule has 0 saturated carbocycles. The SMILES string of the molecule is c1ccc(-c2ccc3cc(N(c4ccc(-c5cccc6c5ccc5ccccc56)cc4)c4ccc5c(c4)c(-c4ccccc4)c(-c4ccccc4)c4ccccc45)ccc3c2)cc1. The highest BCUT2D eigenvalue weighted by molar-refractivity contribution is 6.22. The lowest BCUT2D eigenvalue weighted by molar-refractivity contribution is 1.29. The van der Waals surface area contributed by atoms with E-state index in [4.69, 9.17) is 0 Å². The smallest absolute Gasteiger partial charge is 0.0468 e. The molecule has 0 radical (unpaired) electrons. The Morgan fingerprint density at radius 3 is 1.43 bits per heavy atom. The molecule has 0 atom stereocenters.